The SMILES string of the molecule is CC(=O)c1c(C)[nH]c(C(=O)CSc2nc3ccccc3c(=O)n2CCCc2ccccc2)c1C. The Morgan fingerprint density at radius 3 is 2.44 bits per heavy atom. The maximum absolute atomic E-state index is 13.3. The Balaban J connectivity index is 1.59. The molecule has 0 radical (unpaired) electrons. The largest absolute Gasteiger partial charge is 0.355 e. The van der Waals surface area contributed by atoms with E-state index in [4.69, 9.17) is 4.98 Å². The minimum atomic E-state index is -0.128. The van der Waals surface area contributed by atoms with Crippen LogP contribution in [0.2, 0.25) is 0 Å². The summed E-state index contributed by atoms with van der Waals surface area (Å²) in [4.78, 5) is 46.0. The summed E-state index contributed by atoms with van der Waals surface area (Å²) >= 11 is 1.25. The Kier molecular flexibility index (Phi) is 7.12. The number of hydrogen-bond donors (Lipinski definition) is 1. The number of thioether (sulfide) groups is 1. The number of aromatic amines is 1. The molecule has 0 aliphatic heterocycles. The lowest BCUT2D eigenvalue weighted by Crippen LogP contribution is -2.24. The van der Waals surface area contributed by atoms with E-state index in [1.165, 1.54) is 24.2 Å². The molecule has 2 aromatic carbocycles. The summed E-state index contributed by atoms with van der Waals surface area (Å²) in [5.41, 5.74) is 4.10. The summed E-state index contributed by atoms with van der Waals surface area (Å²) in [6.07, 6.45) is 1.63. The van der Waals surface area contributed by atoms with Gasteiger partial charge >= 0.3 is 0 Å². The Bertz CT molecular complexity index is 1420. The van der Waals surface area contributed by atoms with Gasteiger partial charge in [-0.15, -0.1) is 0 Å². The fourth-order valence-corrected chi connectivity index (χ4v) is 5.20. The number of fused-ring (bicyclic) bond motifs is 1. The van der Waals surface area contributed by atoms with E-state index in [0.717, 1.165) is 12.8 Å². The van der Waals surface area contributed by atoms with Crippen molar-refractivity contribution >= 4 is 34.2 Å². The van der Waals surface area contributed by atoms with Gasteiger partial charge in [0.2, 0.25) is 0 Å². The van der Waals surface area contributed by atoms with Crippen LogP contribution in [0.4, 0.5) is 0 Å². The van der Waals surface area contributed by atoms with Gasteiger partial charge in [0.05, 0.1) is 22.3 Å². The van der Waals surface area contributed by atoms with Crippen LogP contribution in [-0.2, 0) is 13.0 Å². The van der Waals surface area contributed by atoms with Crippen LogP contribution in [-0.4, -0.2) is 31.9 Å². The maximum Gasteiger partial charge on any atom is 0.262 e. The molecule has 4 aromatic rings. The van der Waals surface area contributed by atoms with Crippen molar-refractivity contribution in [2.24, 2.45) is 0 Å². The molecule has 2 aromatic heterocycles. The number of para-hydroxylation sites is 1. The van der Waals surface area contributed by atoms with E-state index in [-0.39, 0.29) is 22.9 Å². The molecular formula is C27H27N3O3S. The topological polar surface area (TPSA) is 84.8 Å². The first-order valence-electron chi connectivity index (χ1n) is 11.3. The van der Waals surface area contributed by atoms with E-state index in [0.29, 0.717) is 45.1 Å². The summed E-state index contributed by atoms with van der Waals surface area (Å²) in [7, 11) is 0. The van der Waals surface area contributed by atoms with Crippen LogP contribution in [0, 0.1) is 13.8 Å². The second kappa shape index (κ2) is 10.2. The zero-order valence-electron chi connectivity index (χ0n) is 19.6. The minimum absolute atomic E-state index is 0.0681. The molecule has 174 valence electrons. The third-order valence-corrected chi connectivity index (χ3v) is 6.89. The molecule has 0 bridgehead atoms. The molecule has 1 N–H and O–H groups in total. The van der Waals surface area contributed by atoms with Gasteiger partial charge in [0, 0.05) is 17.8 Å². The molecule has 0 saturated carbocycles. The van der Waals surface area contributed by atoms with Gasteiger partial charge in [-0.25, -0.2) is 4.98 Å². The van der Waals surface area contributed by atoms with Crippen LogP contribution in [0.25, 0.3) is 10.9 Å². The number of carbonyl (C=O) groups is 2. The molecule has 34 heavy (non-hydrogen) atoms. The summed E-state index contributed by atoms with van der Waals surface area (Å²) in [5, 5.41) is 1.10. The van der Waals surface area contributed by atoms with E-state index < -0.39 is 0 Å². The number of aryl methyl sites for hydroxylation is 2. The normalized spacial score (nSPS) is 11.1. The fraction of sp³-hybridized carbons (Fsp3) is 0.259. The monoisotopic (exact) mass is 473 g/mol. The molecule has 7 heteroatoms. The van der Waals surface area contributed by atoms with E-state index in [1.807, 2.05) is 36.4 Å². The molecular weight excluding hydrogens is 446 g/mol. The molecule has 0 amide bonds. The minimum Gasteiger partial charge on any atom is -0.355 e. The second-order valence-corrected chi connectivity index (χ2v) is 9.29. The third-order valence-electron chi connectivity index (χ3n) is 5.92. The van der Waals surface area contributed by atoms with E-state index in [1.54, 1.807) is 24.5 Å². The molecule has 2 heterocycles. The lowest BCUT2D eigenvalue weighted by atomic mass is 10.1. The summed E-state index contributed by atoms with van der Waals surface area (Å²) in [6.45, 7) is 5.59. The number of nitrogens with zero attached hydrogens (tertiary/aromatic N) is 2. The molecule has 0 unspecified atom stereocenters. The van der Waals surface area contributed by atoms with Crippen LogP contribution in [0.5, 0.6) is 0 Å². The number of aromatic nitrogens is 3. The molecule has 0 aliphatic carbocycles. The maximum atomic E-state index is 13.3. The molecule has 0 aliphatic rings. The highest BCUT2D eigenvalue weighted by atomic mass is 32.2. The molecule has 0 fully saturated rings. The fourth-order valence-electron chi connectivity index (χ4n) is 4.30. The van der Waals surface area contributed by atoms with Gasteiger partial charge in [-0.2, -0.15) is 0 Å². The van der Waals surface area contributed by atoms with Gasteiger partial charge < -0.3 is 4.98 Å². The number of nitrogens with one attached hydrogen (secondary N) is 1. The predicted molar refractivity (Wildman–Crippen MR) is 136 cm³/mol. The molecule has 4 rings (SSSR count). The average molecular weight is 474 g/mol. The van der Waals surface area contributed by atoms with E-state index in [2.05, 4.69) is 17.1 Å². The first-order chi connectivity index (χ1) is 16.4. The first kappa shape index (κ1) is 23.7. The number of benzene rings is 2. The van der Waals surface area contributed by atoms with Crippen molar-refractivity contribution in [3.8, 4) is 0 Å². The van der Waals surface area contributed by atoms with Gasteiger partial charge in [0.25, 0.3) is 5.56 Å². The number of H-pyrrole nitrogens is 1. The Morgan fingerprint density at radius 1 is 1.03 bits per heavy atom. The van der Waals surface area contributed by atoms with Gasteiger partial charge in [-0.1, -0.05) is 54.2 Å². The van der Waals surface area contributed by atoms with Gasteiger partial charge in [-0.3, -0.25) is 19.0 Å². The quantitative estimate of drug-likeness (QED) is 0.206. The third kappa shape index (κ3) is 4.89. The molecule has 0 spiro atoms. The van der Waals surface area contributed by atoms with Crippen LogP contribution in [0.3, 0.4) is 0 Å². The highest BCUT2D eigenvalue weighted by Gasteiger charge is 2.21. The predicted octanol–water partition coefficient (Wildman–Crippen LogP) is 5.15. The van der Waals surface area contributed by atoms with Gasteiger partial charge in [-0.05, 0) is 56.9 Å². The Hall–Kier alpha value is -3.45. The van der Waals surface area contributed by atoms with Crippen LogP contribution >= 0.6 is 11.8 Å². The van der Waals surface area contributed by atoms with Crippen LogP contribution < -0.4 is 5.56 Å². The molecule has 0 atom stereocenters. The number of hydrogen-bond acceptors (Lipinski definition) is 5. The summed E-state index contributed by atoms with van der Waals surface area (Å²) in [5.74, 6) is -0.0838. The van der Waals surface area contributed by atoms with Crippen LogP contribution in [0.1, 0.15) is 51.0 Å². The van der Waals surface area contributed by atoms with Crippen molar-refractivity contribution in [3.05, 3.63) is 93.0 Å². The Morgan fingerprint density at radius 2 is 1.74 bits per heavy atom. The second-order valence-electron chi connectivity index (χ2n) is 8.35. The number of Topliss-reactive ketones (excluding diaryl/α,β-unsaturated/α-hetero) is 2. The standard InChI is InChI=1S/C27H27N3O3S/c1-17-24(19(3)31)18(2)28-25(17)23(32)16-34-27-29-22-14-8-7-13-21(22)26(33)30(27)15-9-12-20-10-5-4-6-11-20/h4-8,10-11,13-14,28H,9,12,15-16H2,1-3H3. The summed E-state index contributed by atoms with van der Waals surface area (Å²) in [6, 6.07) is 17.4. The lowest BCUT2D eigenvalue weighted by molar-refractivity contribution is 0.101. The zero-order chi connectivity index (χ0) is 24.2. The zero-order valence-corrected chi connectivity index (χ0v) is 20.4. The first-order valence-corrected chi connectivity index (χ1v) is 12.2. The highest BCUT2D eigenvalue weighted by Crippen LogP contribution is 2.23. The number of rotatable bonds is 9. The highest BCUT2D eigenvalue weighted by molar-refractivity contribution is 7.99. The molecule has 0 saturated heterocycles. The van der Waals surface area contributed by atoms with Crippen molar-refractivity contribution in [1.82, 2.24) is 14.5 Å². The average Bonchev–Trinajstić information content (AvgIpc) is 3.13. The van der Waals surface area contributed by atoms with E-state index >= 15 is 0 Å². The van der Waals surface area contributed by atoms with Crippen molar-refractivity contribution < 1.29 is 9.59 Å². The smallest absolute Gasteiger partial charge is 0.262 e. The number of carbonyl (C=O) groups excluding carboxylic acids is 2. The number of ketones is 2. The Labute approximate surface area is 202 Å². The lowest BCUT2D eigenvalue weighted by Gasteiger charge is -2.13. The van der Waals surface area contributed by atoms with Crippen LogP contribution in [0.15, 0.2) is 64.5 Å². The molecule has 6 nitrogen and oxygen atoms in total. The van der Waals surface area contributed by atoms with E-state index in [9.17, 15) is 14.4 Å². The van der Waals surface area contributed by atoms with Gasteiger partial charge in [0.1, 0.15) is 0 Å². The van der Waals surface area contributed by atoms with Crippen molar-refractivity contribution in [2.75, 3.05) is 5.75 Å². The van der Waals surface area contributed by atoms with Crippen molar-refractivity contribution in [3.63, 3.8) is 0 Å². The van der Waals surface area contributed by atoms with Crippen molar-refractivity contribution in [1.29, 1.82) is 0 Å². The van der Waals surface area contributed by atoms with Gasteiger partial charge in [0.15, 0.2) is 16.7 Å². The van der Waals surface area contributed by atoms with Crippen molar-refractivity contribution in [2.45, 2.75) is 45.3 Å². The summed E-state index contributed by atoms with van der Waals surface area (Å²) < 4.78 is 1.68.